The smallest absolute Gasteiger partial charge is 0.410 e. The van der Waals surface area contributed by atoms with Crippen LogP contribution >= 0.6 is 0 Å². The van der Waals surface area contributed by atoms with Crippen LogP contribution in [0.5, 0.6) is 0 Å². The molecule has 90 valence electrons. The van der Waals surface area contributed by atoms with Crippen LogP contribution in [0.2, 0.25) is 0 Å². The fraction of sp³-hybridized carbons (Fsp3) is 0.750. The van der Waals surface area contributed by atoms with Gasteiger partial charge in [0.05, 0.1) is 12.6 Å². The number of piperazine rings is 1. The van der Waals surface area contributed by atoms with Crippen LogP contribution < -0.4 is 0 Å². The van der Waals surface area contributed by atoms with E-state index in [1.54, 1.807) is 4.90 Å². The van der Waals surface area contributed by atoms with E-state index in [0.717, 1.165) is 6.54 Å². The number of rotatable bonds is 0. The number of carbonyl (C=O) groups excluding carboxylic acids is 1. The number of terminal acetylenes is 1. The highest BCUT2D eigenvalue weighted by Crippen LogP contribution is 2.13. The first-order chi connectivity index (χ1) is 7.33. The van der Waals surface area contributed by atoms with E-state index in [0.29, 0.717) is 13.1 Å². The third kappa shape index (κ3) is 3.42. The molecule has 16 heavy (non-hydrogen) atoms. The summed E-state index contributed by atoms with van der Waals surface area (Å²) in [6.45, 7) is 7.58. The van der Waals surface area contributed by atoms with Crippen molar-refractivity contribution in [1.29, 1.82) is 0 Å². The van der Waals surface area contributed by atoms with Gasteiger partial charge >= 0.3 is 6.09 Å². The Balaban J connectivity index is 2.56. The summed E-state index contributed by atoms with van der Waals surface area (Å²) < 4.78 is 5.31. The third-order valence-electron chi connectivity index (χ3n) is 2.49. The van der Waals surface area contributed by atoms with Gasteiger partial charge in [-0.25, -0.2) is 4.79 Å². The molecule has 0 aromatic heterocycles. The molecular formula is C12H20N2O2. The highest BCUT2D eigenvalue weighted by Gasteiger charge is 2.29. The van der Waals surface area contributed by atoms with E-state index in [-0.39, 0.29) is 12.1 Å². The zero-order valence-corrected chi connectivity index (χ0v) is 10.5. The van der Waals surface area contributed by atoms with Gasteiger partial charge in [0.1, 0.15) is 5.60 Å². The number of hydrogen-bond acceptors (Lipinski definition) is 3. The van der Waals surface area contributed by atoms with E-state index in [1.807, 2.05) is 27.8 Å². The average molecular weight is 224 g/mol. The number of ether oxygens (including phenoxy) is 1. The zero-order chi connectivity index (χ0) is 12.3. The maximum atomic E-state index is 11.8. The first kappa shape index (κ1) is 12.9. The normalized spacial score (nSPS) is 22.7. The van der Waals surface area contributed by atoms with Crippen molar-refractivity contribution >= 4 is 6.09 Å². The molecule has 1 rings (SSSR count). The van der Waals surface area contributed by atoms with Crippen molar-refractivity contribution in [2.24, 2.45) is 0 Å². The quantitative estimate of drug-likeness (QED) is 0.579. The summed E-state index contributed by atoms with van der Waals surface area (Å²) in [6.07, 6.45) is 5.14. The molecule has 0 N–H and O–H groups in total. The van der Waals surface area contributed by atoms with Crippen molar-refractivity contribution in [2.75, 3.05) is 26.7 Å². The average Bonchev–Trinajstić information content (AvgIpc) is 2.15. The molecule has 1 saturated heterocycles. The molecule has 1 aliphatic heterocycles. The topological polar surface area (TPSA) is 32.8 Å². The molecule has 0 saturated carbocycles. The monoisotopic (exact) mass is 224 g/mol. The van der Waals surface area contributed by atoms with E-state index in [1.165, 1.54) is 0 Å². The summed E-state index contributed by atoms with van der Waals surface area (Å²) in [5.74, 6) is 2.68. The molecule has 1 amide bonds. The molecule has 1 heterocycles. The number of nitrogens with zero attached hydrogens (tertiary/aromatic N) is 2. The maximum absolute atomic E-state index is 11.8. The number of hydrogen-bond donors (Lipinski definition) is 0. The Kier molecular flexibility index (Phi) is 3.82. The first-order valence-corrected chi connectivity index (χ1v) is 5.48. The Bertz CT molecular complexity index is 301. The van der Waals surface area contributed by atoms with Gasteiger partial charge in [-0.1, -0.05) is 5.92 Å². The van der Waals surface area contributed by atoms with Crippen LogP contribution in [0.15, 0.2) is 0 Å². The van der Waals surface area contributed by atoms with Crippen molar-refractivity contribution in [3.8, 4) is 12.3 Å². The summed E-state index contributed by atoms with van der Waals surface area (Å²) in [6, 6.07) is -0.0127. The van der Waals surface area contributed by atoms with Gasteiger partial charge in [-0.05, 0) is 27.8 Å². The second-order valence-electron chi connectivity index (χ2n) is 5.09. The largest absolute Gasteiger partial charge is 0.444 e. The lowest BCUT2D eigenvalue weighted by Crippen LogP contribution is -2.53. The fourth-order valence-corrected chi connectivity index (χ4v) is 1.55. The van der Waals surface area contributed by atoms with Gasteiger partial charge < -0.3 is 9.64 Å². The molecule has 0 radical (unpaired) electrons. The predicted octanol–water partition coefficient (Wildman–Crippen LogP) is 1.17. The Morgan fingerprint density at radius 1 is 1.44 bits per heavy atom. The molecule has 0 aromatic rings. The lowest BCUT2D eigenvalue weighted by atomic mass is 10.2. The molecule has 0 bridgehead atoms. The third-order valence-corrected chi connectivity index (χ3v) is 2.49. The predicted molar refractivity (Wildman–Crippen MR) is 63.1 cm³/mol. The highest BCUT2D eigenvalue weighted by atomic mass is 16.6. The fourth-order valence-electron chi connectivity index (χ4n) is 1.55. The molecule has 4 heteroatoms. The van der Waals surface area contributed by atoms with E-state index >= 15 is 0 Å². The van der Waals surface area contributed by atoms with Crippen LogP contribution in [0.1, 0.15) is 20.8 Å². The van der Waals surface area contributed by atoms with Gasteiger partial charge in [0.2, 0.25) is 0 Å². The van der Waals surface area contributed by atoms with Gasteiger partial charge in [-0.3, -0.25) is 4.90 Å². The van der Waals surface area contributed by atoms with Gasteiger partial charge in [0.25, 0.3) is 0 Å². The van der Waals surface area contributed by atoms with E-state index in [4.69, 9.17) is 11.2 Å². The number of carbonyl (C=O) groups is 1. The second-order valence-corrected chi connectivity index (χ2v) is 5.09. The van der Waals surface area contributed by atoms with Gasteiger partial charge in [0, 0.05) is 13.1 Å². The minimum atomic E-state index is -0.452. The van der Waals surface area contributed by atoms with Crippen LogP contribution in [0, 0.1) is 12.3 Å². The zero-order valence-electron chi connectivity index (χ0n) is 10.5. The Hall–Kier alpha value is -1.21. The summed E-state index contributed by atoms with van der Waals surface area (Å²) >= 11 is 0. The summed E-state index contributed by atoms with van der Waals surface area (Å²) in [5.41, 5.74) is -0.452. The molecule has 4 nitrogen and oxygen atoms in total. The standard InChI is InChI=1S/C12H20N2O2/c1-6-10-9-14(8-7-13(10)5)11(15)16-12(2,3)4/h1,10H,7-9H2,2-5H3/t10-/m0/s1. The molecule has 0 aliphatic carbocycles. The van der Waals surface area contributed by atoms with Crippen molar-refractivity contribution < 1.29 is 9.53 Å². The van der Waals surface area contributed by atoms with Crippen LogP contribution in [0.25, 0.3) is 0 Å². The minimum Gasteiger partial charge on any atom is -0.444 e. The first-order valence-electron chi connectivity index (χ1n) is 5.48. The van der Waals surface area contributed by atoms with Crippen LogP contribution in [0.3, 0.4) is 0 Å². The molecule has 0 aromatic carbocycles. The maximum Gasteiger partial charge on any atom is 0.410 e. The van der Waals surface area contributed by atoms with E-state index in [9.17, 15) is 4.79 Å². The van der Waals surface area contributed by atoms with Gasteiger partial charge in [-0.15, -0.1) is 6.42 Å². The minimum absolute atomic E-state index is 0.0127. The number of amides is 1. The summed E-state index contributed by atoms with van der Waals surface area (Å²) in [4.78, 5) is 15.5. The highest BCUT2D eigenvalue weighted by molar-refractivity contribution is 5.68. The van der Waals surface area contributed by atoms with Crippen LogP contribution in [-0.4, -0.2) is 54.2 Å². The van der Waals surface area contributed by atoms with Crippen molar-refractivity contribution in [3.05, 3.63) is 0 Å². The van der Waals surface area contributed by atoms with Crippen molar-refractivity contribution in [2.45, 2.75) is 32.4 Å². The molecule has 0 unspecified atom stereocenters. The van der Waals surface area contributed by atoms with Gasteiger partial charge in [-0.2, -0.15) is 0 Å². The van der Waals surface area contributed by atoms with Gasteiger partial charge in [0.15, 0.2) is 0 Å². The molecule has 1 atom stereocenters. The van der Waals surface area contributed by atoms with Crippen molar-refractivity contribution in [1.82, 2.24) is 9.80 Å². The molecule has 0 spiro atoms. The summed E-state index contributed by atoms with van der Waals surface area (Å²) in [7, 11) is 1.97. The Morgan fingerprint density at radius 3 is 2.56 bits per heavy atom. The lowest BCUT2D eigenvalue weighted by Gasteiger charge is -2.37. The molecule has 1 fully saturated rings. The van der Waals surface area contributed by atoms with Crippen molar-refractivity contribution in [3.63, 3.8) is 0 Å². The van der Waals surface area contributed by atoms with E-state index in [2.05, 4.69) is 10.8 Å². The molecule has 1 aliphatic rings. The van der Waals surface area contributed by atoms with E-state index < -0.39 is 5.60 Å². The Morgan fingerprint density at radius 2 is 2.06 bits per heavy atom. The summed E-state index contributed by atoms with van der Waals surface area (Å²) in [5, 5.41) is 0. The van der Waals surface area contributed by atoms with Crippen LogP contribution in [-0.2, 0) is 4.74 Å². The molecular weight excluding hydrogens is 204 g/mol. The Labute approximate surface area is 97.5 Å². The lowest BCUT2D eigenvalue weighted by molar-refractivity contribution is 0.0123. The number of likely N-dealkylation sites (N-methyl/N-ethyl adjacent to an activating group) is 1. The van der Waals surface area contributed by atoms with Crippen LogP contribution in [0.4, 0.5) is 4.79 Å². The SMILES string of the molecule is C#C[C@H]1CN(C(=O)OC(C)(C)C)CCN1C. The second kappa shape index (κ2) is 4.75.